The van der Waals surface area contributed by atoms with Gasteiger partial charge in [-0.25, -0.2) is 0 Å². The van der Waals surface area contributed by atoms with E-state index in [0.717, 1.165) is 24.6 Å². The third kappa shape index (κ3) is 7.56. The first kappa shape index (κ1) is 19.2. The zero-order valence-electron chi connectivity index (χ0n) is 15.0. The van der Waals surface area contributed by atoms with Gasteiger partial charge in [-0.2, -0.15) is 0 Å². The minimum atomic E-state index is 0.559. The van der Waals surface area contributed by atoms with Crippen molar-refractivity contribution in [2.75, 3.05) is 40.6 Å². The summed E-state index contributed by atoms with van der Waals surface area (Å²) in [5.41, 5.74) is 2.37. The number of benzene rings is 2. The van der Waals surface area contributed by atoms with Crippen LogP contribution in [0, 0.1) is 0 Å². The standard InChI is InChI=1S/C20H27NO4/c1-22-9-11-24-19-7-3-5-17(13-19)15-21-16-18-6-4-8-20(14-18)25-12-10-23-2/h3-8,13-14,21H,9-12,15-16H2,1-2H3. The fourth-order valence-electron chi connectivity index (χ4n) is 2.33. The highest BCUT2D eigenvalue weighted by molar-refractivity contribution is 5.30. The molecule has 0 aliphatic carbocycles. The fourth-order valence-corrected chi connectivity index (χ4v) is 2.33. The van der Waals surface area contributed by atoms with Crippen LogP contribution in [-0.2, 0) is 22.6 Å². The Balaban J connectivity index is 1.78. The second kappa shape index (κ2) is 11.5. The number of ether oxygens (including phenoxy) is 4. The molecule has 2 aromatic rings. The quantitative estimate of drug-likeness (QED) is 0.599. The first-order valence-corrected chi connectivity index (χ1v) is 8.44. The molecule has 136 valence electrons. The molecule has 5 nitrogen and oxygen atoms in total. The Labute approximate surface area is 149 Å². The number of rotatable bonds is 12. The van der Waals surface area contributed by atoms with Crippen molar-refractivity contribution in [3.05, 3.63) is 59.7 Å². The zero-order chi connectivity index (χ0) is 17.7. The van der Waals surface area contributed by atoms with E-state index < -0.39 is 0 Å². The van der Waals surface area contributed by atoms with Crippen LogP contribution >= 0.6 is 0 Å². The van der Waals surface area contributed by atoms with E-state index in [-0.39, 0.29) is 0 Å². The summed E-state index contributed by atoms with van der Waals surface area (Å²) in [6.45, 7) is 3.84. The largest absolute Gasteiger partial charge is 0.491 e. The number of hydrogen-bond donors (Lipinski definition) is 1. The maximum absolute atomic E-state index is 5.63. The Bertz CT molecular complexity index is 565. The SMILES string of the molecule is COCCOc1cccc(CNCc2cccc(OCCOC)c2)c1. The van der Waals surface area contributed by atoms with Crippen molar-refractivity contribution in [3.63, 3.8) is 0 Å². The van der Waals surface area contributed by atoms with Gasteiger partial charge in [-0.15, -0.1) is 0 Å². The van der Waals surface area contributed by atoms with Crippen molar-refractivity contribution in [2.45, 2.75) is 13.1 Å². The molecule has 0 amide bonds. The van der Waals surface area contributed by atoms with Gasteiger partial charge in [0.05, 0.1) is 13.2 Å². The predicted octanol–water partition coefficient (Wildman–Crippen LogP) is 3.03. The molecule has 0 unspecified atom stereocenters. The molecule has 0 aromatic heterocycles. The zero-order valence-corrected chi connectivity index (χ0v) is 15.0. The molecule has 0 saturated carbocycles. The molecule has 0 heterocycles. The van der Waals surface area contributed by atoms with Gasteiger partial charge < -0.3 is 24.3 Å². The van der Waals surface area contributed by atoms with Crippen LogP contribution in [0.4, 0.5) is 0 Å². The average molecular weight is 345 g/mol. The van der Waals surface area contributed by atoms with E-state index in [1.807, 2.05) is 36.4 Å². The first-order chi connectivity index (χ1) is 12.3. The molecule has 2 rings (SSSR count). The molecular formula is C20H27NO4. The molecule has 0 atom stereocenters. The summed E-state index contributed by atoms with van der Waals surface area (Å²) in [7, 11) is 3.34. The summed E-state index contributed by atoms with van der Waals surface area (Å²) in [6, 6.07) is 16.2. The van der Waals surface area contributed by atoms with Crippen LogP contribution < -0.4 is 14.8 Å². The van der Waals surface area contributed by atoms with Gasteiger partial charge in [0.2, 0.25) is 0 Å². The molecule has 2 aromatic carbocycles. The van der Waals surface area contributed by atoms with Gasteiger partial charge >= 0.3 is 0 Å². The molecule has 1 N–H and O–H groups in total. The van der Waals surface area contributed by atoms with Crippen molar-refractivity contribution in [2.24, 2.45) is 0 Å². The van der Waals surface area contributed by atoms with Gasteiger partial charge in [-0.05, 0) is 35.4 Å². The highest BCUT2D eigenvalue weighted by Gasteiger charge is 2.00. The van der Waals surface area contributed by atoms with Crippen LogP contribution in [0.3, 0.4) is 0 Å². The number of hydrogen-bond acceptors (Lipinski definition) is 5. The van der Waals surface area contributed by atoms with Crippen molar-refractivity contribution in [1.82, 2.24) is 5.32 Å². The summed E-state index contributed by atoms with van der Waals surface area (Å²) in [5.74, 6) is 1.73. The minimum absolute atomic E-state index is 0.559. The lowest BCUT2D eigenvalue weighted by atomic mass is 10.2. The lowest BCUT2D eigenvalue weighted by Gasteiger charge is -2.10. The van der Waals surface area contributed by atoms with Crippen LogP contribution in [-0.4, -0.2) is 40.6 Å². The summed E-state index contributed by atoms with van der Waals surface area (Å²) in [5, 5.41) is 3.45. The van der Waals surface area contributed by atoms with Crippen molar-refractivity contribution >= 4 is 0 Å². The molecule has 0 aliphatic heterocycles. The first-order valence-electron chi connectivity index (χ1n) is 8.44. The van der Waals surface area contributed by atoms with E-state index in [1.165, 1.54) is 11.1 Å². The van der Waals surface area contributed by atoms with Gasteiger partial charge in [0.15, 0.2) is 0 Å². The van der Waals surface area contributed by atoms with Crippen molar-refractivity contribution in [1.29, 1.82) is 0 Å². The second-order valence-electron chi connectivity index (χ2n) is 5.58. The van der Waals surface area contributed by atoms with Gasteiger partial charge in [0.25, 0.3) is 0 Å². The predicted molar refractivity (Wildman–Crippen MR) is 98.2 cm³/mol. The molecule has 0 bridgehead atoms. The smallest absolute Gasteiger partial charge is 0.119 e. The Kier molecular flexibility index (Phi) is 8.83. The van der Waals surface area contributed by atoms with E-state index >= 15 is 0 Å². The van der Waals surface area contributed by atoms with E-state index in [1.54, 1.807) is 14.2 Å². The highest BCUT2D eigenvalue weighted by Crippen LogP contribution is 2.15. The van der Waals surface area contributed by atoms with Crippen LogP contribution in [0.1, 0.15) is 11.1 Å². The molecule has 25 heavy (non-hydrogen) atoms. The Morgan fingerprint density at radius 2 is 1.16 bits per heavy atom. The van der Waals surface area contributed by atoms with Gasteiger partial charge in [-0.1, -0.05) is 24.3 Å². The molecule has 0 radical (unpaired) electrons. The molecule has 0 spiro atoms. The monoisotopic (exact) mass is 345 g/mol. The summed E-state index contributed by atoms with van der Waals surface area (Å²) < 4.78 is 21.3. The van der Waals surface area contributed by atoms with Crippen molar-refractivity contribution in [3.8, 4) is 11.5 Å². The topological polar surface area (TPSA) is 49.0 Å². The van der Waals surface area contributed by atoms with E-state index in [9.17, 15) is 0 Å². The van der Waals surface area contributed by atoms with Gasteiger partial charge in [-0.3, -0.25) is 0 Å². The fraction of sp³-hybridized carbons (Fsp3) is 0.400. The van der Waals surface area contributed by atoms with Gasteiger partial charge in [0, 0.05) is 27.3 Å². The van der Waals surface area contributed by atoms with Crippen LogP contribution in [0.15, 0.2) is 48.5 Å². The highest BCUT2D eigenvalue weighted by atomic mass is 16.5. The Morgan fingerprint density at radius 3 is 1.60 bits per heavy atom. The molecule has 0 aliphatic rings. The molecular weight excluding hydrogens is 318 g/mol. The Hall–Kier alpha value is -2.08. The molecule has 0 fully saturated rings. The second-order valence-corrected chi connectivity index (χ2v) is 5.58. The number of nitrogens with one attached hydrogen (secondary N) is 1. The lowest BCUT2D eigenvalue weighted by molar-refractivity contribution is 0.146. The van der Waals surface area contributed by atoms with Crippen LogP contribution in [0.2, 0.25) is 0 Å². The average Bonchev–Trinajstić information content (AvgIpc) is 2.63. The van der Waals surface area contributed by atoms with Crippen LogP contribution in [0.25, 0.3) is 0 Å². The normalized spacial score (nSPS) is 10.6. The lowest BCUT2D eigenvalue weighted by Crippen LogP contribution is -2.13. The molecule has 0 saturated heterocycles. The summed E-state index contributed by atoms with van der Waals surface area (Å²) in [4.78, 5) is 0. The van der Waals surface area contributed by atoms with Crippen LogP contribution in [0.5, 0.6) is 11.5 Å². The molecule has 5 heteroatoms. The maximum atomic E-state index is 5.63. The summed E-state index contributed by atoms with van der Waals surface area (Å²) >= 11 is 0. The Morgan fingerprint density at radius 1 is 0.680 bits per heavy atom. The van der Waals surface area contributed by atoms with Gasteiger partial charge in [0.1, 0.15) is 24.7 Å². The van der Waals surface area contributed by atoms with E-state index in [0.29, 0.717) is 26.4 Å². The minimum Gasteiger partial charge on any atom is -0.491 e. The summed E-state index contributed by atoms with van der Waals surface area (Å²) in [6.07, 6.45) is 0. The number of methoxy groups -OCH3 is 2. The third-order valence-electron chi connectivity index (χ3n) is 3.57. The van der Waals surface area contributed by atoms with Crippen molar-refractivity contribution < 1.29 is 18.9 Å². The van der Waals surface area contributed by atoms with E-state index in [4.69, 9.17) is 18.9 Å². The third-order valence-corrected chi connectivity index (χ3v) is 3.57. The van der Waals surface area contributed by atoms with E-state index in [2.05, 4.69) is 17.4 Å². The maximum Gasteiger partial charge on any atom is 0.119 e.